The van der Waals surface area contributed by atoms with Gasteiger partial charge in [0.2, 0.25) is 5.88 Å². The van der Waals surface area contributed by atoms with Gasteiger partial charge in [0.05, 0.1) is 31.9 Å². The van der Waals surface area contributed by atoms with Gasteiger partial charge in [-0.15, -0.1) is 0 Å². The van der Waals surface area contributed by atoms with Crippen LogP contribution in [0.15, 0.2) is 22.9 Å². The standard InChI is InChI=1S/C18H24N4O5/c1-24-9-10-26-12-16-20-17(21-27-16)14-5-3-4-8-22(14)18(23)13-6-7-15(25-2)19-11-13/h6-7,11,14H,3-5,8-10,12H2,1-2H3. The van der Waals surface area contributed by atoms with Gasteiger partial charge in [-0.2, -0.15) is 4.98 Å². The summed E-state index contributed by atoms with van der Waals surface area (Å²) in [6, 6.07) is 3.17. The molecule has 0 aromatic carbocycles. The second-order valence-corrected chi connectivity index (χ2v) is 6.19. The Morgan fingerprint density at radius 3 is 2.93 bits per heavy atom. The molecule has 1 aliphatic rings. The summed E-state index contributed by atoms with van der Waals surface area (Å²) in [5, 5.41) is 4.07. The lowest BCUT2D eigenvalue weighted by atomic mass is 10.0. The van der Waals surface area contributed by atoms with Gasteiger partial charge >= 0.3 is 0 Å². The highest BCUT2D eigenvalue weighted by molar-refractivity contribution is 5.94. The Bertz CT molecular complexity index is 734. The minimum atomic E-state index is -0.218. The molecule has 1 fully saturated rings. The molecule has 1 unspecified atom stereocenters. The van der Waals surface area contributed by atoms with Crippen LogP contribution in [0.5, 0.6) is 5.88 Å². The van der Waals surface area contributed by atoms with Crippen LogP contribution in [-0.2, 0) is 16.1 Å². The molecule has 27 heavy (non-hydrogen) atoms. The van der Waals surface area contributed by atoms with Gasteiger partial charge in [-0.3, -0.25) is 4.79 Å². The number of hydrogen-bond acceptors (Lipinski definition) is 8. The molecule has 0 radical (unpaired) electrons. The van der Waals surface area contributed by atoms with Gasteiger partial charge in [-0.05, 0) is 25.3 Å². The van der Waals surface area contributed by atoms with Crippen molar-refractivity contribution in [3.63, 3.8) is 0 Å². The van der Waals surface area contributed by atoms with Gasteiger partial charge in [-0.25, -0.2) is 4.98 Å². The zero-order valence-corrected chi connectivity index (χ0v) is 15.6. The lowest BCUT2D eigenvalue weighted by molar-refractivity contribution is 0.0494. The fourth-order valence-corrected chi connectivity index (χ4v) is 3.00. The van der Waals surface area contributed by atoms with E-state index in [1.165, 1.54) is 13.3 Å². The van der Waals surface area contributed by atoms with Crippen LogP contribution in [0.2, 0.25) is 0 Å². The first-order valence-electron chi connectivity index (χ1n) is 8.93. The van der Waals surface area contributed by atoms with Crippen molar-refractivity contribution in [2.45, 2.75) is 31.9 Å². The molecule has 0 bridgehead atoms. The van der Waals surface area contributed by atoms with Crippen LogP contribution in [0.4, 0.5) is 0 Å². The summed E-state index contributed by atoms with van der Waals surface area (Å²) in [5.74, 6) is 1.27. The van der Waals surface area contributed by atoms with Crippen LogP contribution < -0.4 is 4.74 Å². The summed E-state index contributed by atoms with van der Waals surface area (Å²) >= 11 is 0. The Labute approximate surface area is 157 Å². The lowest BCUT2D eigenvalue weighted by Gasteiger charge is -2.33. The topological polar surface area (TPSA) is 99.8 Å². The summed E-state index contributed by atoms with van der Waals surface area (Å²) in [6.07, 6.45) is 4.26. The summed E-state index contributed by atoms with van der Waals surface area (Å²) in [6.45, 7) is 1.82. The van der Waals surface area contributed by atoms with E-state index in [1.54, 1.807) is 24.1 Å². The molecule has 3 heterocycles. The number of piperidine rings is 1. The van der Waals surface area contributed by atoms with Crippen LogP contribution in [0.1, 0.15) is 47.4 Å². The molecular formula is C18H24N4O5. The van der Waals surface area contributed by atoms with Crippen LogP contribution in [0.3, 0.4) is 0 Å². The lowest BCUT2D eigenvalue weighted by Crippen LogP contribution is -2.39. The fourth-order valence-electron chi connectivity index (χ4n) is 3.00. The van der Waals surface area contributed by atoms with E-state index in [0.29, 0.717) is 42.9 Å². The van der Waals surface area contributed by atoms with E-state index in [9.17, 15) is 4.79 Å². The SMILES string of the molecule is COCCOCc1nc(C2CCCCN2C(=O)c2ccc(OC)nc2)no1. The smallest absolute Gasteiger partial charge is 0.256 e. The number of likely N-dealkylation sites (tertiary alicyclic amines) is 1. The summed E-state index contributed by atoms with van der Waals surface area (Å²) in [7, 11) is 3.15. The average molecular weight is 376 g/mol. The minimum Gasteiger partial charge on any atom is -0.481 e. The van der Waals surface area contributed by atoms with Crippen LogP contribution in [-0.4, -0.2) is 59.9 Å². The molecule has 0 spiro atoms. The van der Waals surface area contributed by atoms with Crippen molar-refractivity contribution in [1.82, 2.24) is 20.0 Å². The quantitative estimate of drug-likeness (QED) is 0.645. The average Bonchev–Trinajstić information content (AvgIpc) is 3.19. The van der Waals surface area contributed by atoms with Crippen LogP contribution >= 0.6 is 0 Å². The number of ether oxygens (including phenoxy) is 3. The Morgan fingerprint density at radius 2 is 2.19 bits per heavy atom. The van der Waals surface area contributed by atoms with Gasteiger partial charge in [0.15, 0.2) is 5.82 Å². The zero-order valence-electron chi connectivity index (χ0n) is 15.6. The molecule has 1 atom stereocenters. The second kappa shape index (κ2) is 9.43. The third-order valence-corrected chi connectivity index (χ3v) is 4.40. The molecular weight excluding hydrogens is 352 g/mol. The third kappa shape index (κ3) is 4.81. The van der Waals surface area contributed by atoms with E-state index < -0.39 is 0 Å². The van der Waals surface area contributed by atoms with Crippen molar-refractivity contribution in [1.29, 1.82) is 0 Å². The van der Waals surface area contributed by atoms with E-state index in [0.717, 1.165) is 19.3 Å². The maximum atomic E-state index is 13.0. The molecule has 0 aliphatic carbocycles. The summed E-state index contributed by atoms with van der Waals surface area (Å²) in [5.41, 5.74) is 0.509. The maximum absolute atomic E-state index is 13.0. The first kappa shape index (κ1) is 19.2. The largest absolute Gasteiger partial charge is 0.481 e. The molecule has 3 rings (SSSR count). The van der Waals surface area contributed by atoms with Gasteiger partial charge in [-0.1, -0.05) is 5.16 Å². The molecule has 1 saturated heterocycles. The van der Waals surface area contributed by atoms with Crippen LogP contribution in [0, 0.1) is 0 Å². The Hall–Kier alpha value is -2.52. The number of aromatic nitrogens is 3. The van der Waals surface area contributed by atoms with E-state index in [1.807, 2.05) is 0 Å². The number of rotatable bonds is 8. The van der Waals surface area contributed by atoms with E-state index >= 15 is 0 Å². The van der Waals surface area contributed by atoms with E-state index in [4.69, 9.17) is 18.7 Å². The number of carbonyl (C=O) groups excluding carboxylic acids is 1. The van der Waals surface area contributed by atoms with Crippen molar-refractivity contribution in [3.8, 4) is 5.88 Å². The Balaban J connectivity index is 1.69. The molecule has 1 aliphatic heterocycles. The third-order valence-electron chi connectivity index (χ3n) is 4.40. The molecule has 0 N–H and O–H groups in total. The highest BCUT2D eigenvalue weighted by Gasteiger charge is 2.32. The number of hydrogen-bond donors (Lipinski definition) is 0. The zero-order chi connectivity index (χ0) is 19.1. The van der Waals surface area contributed by atoms with Gasteiger partial charge in [0.25, 0.3) is 11.8 Å². The van der Waals surface area contributed by atoms with Crippen molar-refractivity contribution in [2.75, 3.05) is 34.0 Å². The maximum Gasteiger partial charge on any atom is 0.256 e. The van der Waals surface area contributed by atoms with Crippen molar-refractivity contribution in [2.24, 2.45) is 0 Å². The van der Waals surface area contributed by atoms with E-state index in [-0.39, 0.29) is 18.6 Å². The second-order valence-electron chi connectivity index (χ2n) is 6.19. The first-order valence-corrected chi connectivity index (χ1v) is 8.93. The predicted octanol–water partition coefficient (Wildman–Crippen LogP) is 2.00. The molecule has 9 nitrogen and oxygen atoms in total. The van der Waals surface area contributed by atoms with Crippen LogP contribution in [0.25, 0.3) is 0 Å². The van der Waals surface area contributed by atoms with Crippen molar-refractivity contribution < 1.29 is 23.5 Å². The first-order chi connectivity index (χ1) is 13.2. The number of amides is 1. The number of methoxy groups -OCH3 is 2. The molecule has 2 aromatic rings. The highest BCUT2D eigenvalue weighted by atomic mass is 16.5. The van der Waals surface area contributed by atoms with E-state index in [2.05, 4.69) is 15.1 Å². The van der Waals surface area contributed by atoms with Crippen molar-refractivity contribution in [3.05, 3.63) is 35.6 Å². The predicted molar refractivity (Wildman–Crippen MR) is 94.2 cm³/mol. The molecule has 1 amide bonds. The van der Waals surface area contributed by atoms with Gasteiger partial charge in [0.1, 0.15) is 6.61 Å². The number of carbonyl (C=O) groups is 1. The molecule has 9 heteroatoms. The Morgan fingerprint density at radius 1 is 1.30 bits per heavy atom. The molecule has 2 aromatic heterocycles. The minimum absolute atomic E-state index is 0.0995. The Kier molecular flexibility index (Phi) is 6.72. The van der Waals surface area contributed by atoms with Gasteiger partial charge < -0.3 is 23.6 Å². The fraction of sp³-hybridized carbons (Fsp3) is 0.556. The number of nitrogens with zero attached hydrogens (tertiary/aromatic N) is 4. The monoisotopic (exact) mass is 376 g/mol. The normalized spacial score (nSPS) is 17.1. The summed E-state index contributed by atoms with van der Waals surface area (Å²) in [4.78, 5) is 23.3. The molecule has 146 valence electrons. The molecule has 0 saturated carbocycles. The van der Waals surface area contributed by atoms with Gasteiger partial charge in [0, 0.05) is 25.9 Å². The highest BCUT2D eigenvalue weighted by Crippen LogP contribution is 2.30. The number of pyridine rings is 1. The summed E-state index contributed by atoms with van der Waals surface area (Å²) < 4.78 is 20.6. The van der Waals surface area contributed by atoms with Crippen molar-refractivity contribution >= 4 is 5.91 Å².